The fourth-order valence-corrected chi connectivity index (χ4v) is 4.41. The first-order valence-electron chi connectivity index (χ1n) is 11.2. The van der Waals surface area contributed by atoms with Crippen LogP contribution in [-0.2, 0) is 19.0 Å². The molecule has 0 aromatic carbocycles. The molecule has 2 N–H and O–H groups in total. The van der Waals surface area contributed by atoms with Crippen LogP contribution < -0.4 is 5.32 Å². The fourth-order valence-electron chi connectivity index (χ4n) is 2.55. The molecule has 1 aromatic heterocycles. The number of aromatic nitrogens is 1. The highest BCUT2D eigenvalue weighted by atomic mass is 33.1. The van der Waals surface area contributed by atoms with E-state index in [9.17, 15) is 14.7 Å². The Bertz CT molecular complexity index is 685. The number of rotatable bonds is 18. The Hall–Kier alpha value is -1.57. The summed E-state index contributed by atoms with van der Waals surface area (Å²) in [6.07, 6.45) is 1.27. The van der Waals surface area contributed by atoms with Crippen LogP contribution in [0.5, 0.6) is 0 Å². The highest BCUT2D eigenvalue weighted by Crippen LogP contribution is 2.29. The van der Waals surface area contributed by atoms with Crippen molar-refractivity contribution in [1.82, 2.24) is 20.1 Å². The summed E-state index contributed by atoms with van der Waals surface area (Å²) in [4.78, 5) is 31.7. The zero-order valence-electron chi connectivity index (χ0n) is 20.5. The molecule has 0 bridgehead atoms. The molecule has 2 atom stereocenters. The van der Waals surface area contributed by atoms with Gasteiger partial charge < -0.3 is 34.4 Å². The number of aliphatic hydroxyl groups is 1. The lowest BCUT2D eigenvalue weighted by Gasteiger charge is -2.23. The number of pyridine rings is 1. The first-order chi connectivity index (χ1) is 16.4. The summed E-state index contributed by atoms with van der Waals surface area (Å²) in [6, 6.07) is 5.76. The van der Waals surface area contributed by atoms with E-state index in [1.807, 2.05) is 25.1 Å². The molecule has 0 saturated heterocycles. The summed E-state index contributed by atoms with van der Waals surface area (Å²) in [7, 11) is 8.08. The number of methoxy groups -OCH3 is 1. The molecule has 1 heterocycles. The standard InChI is InChI=1S/C22H38N4O6S2/c1-5-18(16-27)32-21(30-4)17-31-22(29)26(3)14-12-23-11-13-25(2)20(28)9-15-33-34-19-8-6-7-10-24-19/h6-8,10,18,21,23,27H,5,9,11-17H2,1-4H3. The molecule has 0 saturated carbocycles. The van der Waals surface area contributed by atoms with E-state index in [1.165, 1.54) is 12.0 Å². The molecular weight excluding hydrogens is 480 g/mol. The normalized spacial score (nSPS) is 12.7. The van der Waals surface area contributed by atoms with Gasteiger partial charge in [0.25, 0.3) is 0 Å². The summed E-state index contributed by atoms with van der Waals surface area (Å²) in [5.41, 5.74) is 0. The molecule has 12 heteroatoms. The molecule has 34 heavy (non-hydrogen) atoms. The van der Waals surface area contributed by atoms with E-state index >= 15 is 0 Å². The van der Waals surface area contributed by atoms with E-state index in [0.29, 0.717) is 39.0 Å². The minimum Gasteiger partial charge on any atom is -0.444 e. The van der Waals surface area contributed by atoms with Crippen LogP contribution in [0.3, 0.4) is 0 Å². The van der Waals surface area contributed by atoms with Gasteiger partial charge in [0.2, 0.25) is 5.91 Å². The van der Waals surface area contributed by atoms with Crippen molar-refractivity contribution in [1.29, 1.82) is 0 Å². The number of nitrogens with zero attached hydrogens (tertiary/aromatic N) is 3. The number of carbonyl (C=O) groups excluding carboxylic acids is 2. The van der Waals surface area contributed by atoms with Crippen molar-refractivity contribution < 1.29 is 28.9 Å². The lowest BCUT2D eigenvalue weighted by molar-refractivity contribution is -0.182. The van der Waals surface area contributed by atoms with Gasteiger partial charge in [-0.3, -0.25) is 4.79 Å². The molecule has 0 spiro atoms. The molecule has 0 fully saturated rings. The maximum atomic E-state index is 12.2. The predicted molar refractivity (Wildman–Crippen MR) is 135 cm³/mol. The zero-order valence-corrected chi connectivity index (χ0v) is 22.1. The average molecular weight is 519 g/mol. The third kappa shape index (κ3) is 13.4. The van der Waals surface area contributed by atoms with E-state index in [2.05, 4.69) is 10.3 Å². The Kier molecular flexibility index (Phi) is 16.8. The quantitative estimate of drug-likeness (QED) is 0.170. The van der Waals surface area contributed by atoms with Gasteiger partial charge in [0.05, 0.1) is 12.7 Å². The van der Waals surface area contributed by atoms with Gasteiger partial charge in [0.1, 0.15) is 11.6 Å². The largest absolute Gasteiger partial charge is 0.444 e. The molecular formula is C22H38N4O6S2. The van der Waals surface area contributed by atoms with Crippen LogP contribution in [0.2, 0.25) is 0 Å². The van der Waals surface area contributed by atoms with E-state index in [0.717, 1.165) is 10.8 Å². The number of ether oxygens (including phenoxy) is 3. The van der Waals surface area contributed by atoms with E-state index in [-0.39, 0.29) is 25.2 Å². The van der Waals surface area contributed by atoms with Crippen LogP contribution in [-0.4, -0.2) is 111 Å². The molecule has 0 aliphatic carbocycles. The number of nitrogens with one attached hydrogen (secondary N) is 1. The molecule has 10 nitrogen and oxygen atoms in total. The molecule has 1 aromatic rings. The van der Waals surface area contributed by atoms with Gasteiger partial charge in [-0.2, -0.15) is 0 Å². The lowest BCUT2D eigenvalue weighted by Crippen LogP contribution is -2.39. The maximum absolute atomic E-state index is 12.2. The Labute approximate surface area is 210 Å². The highest BCUT2D eigenvalue weighted by molar-refractivity contribution is 8.76. The monoisotopic (exact) mass is 518 g/mol. The van der Waals surface area contributed by atoms with Crippen LogP contribution in [0.1, 0.15) is 19.8 Å². The summed E-state index contributed by atoms with van der Waals surface area (Å²) < 4.78 is 15.9. The van der Waals surface area contributed by atoms with Crippen molar-refractivity contribution in [2.24, 2.45) is 0 Å². The van der Waals surface area contributed by atoms with Gasteiger partial charge in [-0.05, 0) is 29.3 Å². The smallest absolute Gasteiger partial charge is 0.409 e. The van der Waals surface area contributed by atoms with Crippen molar-refractivity contribution in [3.05, 3.63) is 24.4 Å². The number of amides is 2. The number of likely N-dealkylation sites (N-methyl/N-ethyl adjacent to an activating group) is 2. The van der Waals surface area contributed by atoms with Crippen molar-refractivity contribution in [3.8, 4) is 0 Å². The predicted octanol–water partition coefficient (Wildman–Crippen LogP) is 2.09. The Morgan fingerprint density at radius 3 is 2.56 bits per heavy atom. The van der Waals surface area contributed by atoms with Gasteiger partial charge in [-0.15, -0.1) is 0 Å². The van der Waals surface area contributed by atoms with Gasteiger partial charge in [-0.1, -0.05) is 23.8 Å². The van der Waals surface area contributed by atoms with Crippen molar-refractivity contribution >= 4 is 33.6 Å². The number of aliphatic hydroxyl groups excluding tert-OH is 1. The van der Waals surface area contributed by atoms with Crippen LogP contribution in [0.4, 0.5) is 4.79 Å². The summed E-state index contributed by atoms with van der Waals surface area (Å²) in [5, 5.41) is 13.4. The van der Waals surface area contributed by atoms with Gasteiger partial charge >= 0.3 is 6.09 Å². The Balaban J connectivity index is 2.11. The maximum Gasteiger partial charge on any atom is 0.409 e. The minimum atomic E-state index is -0.729. The van der Waals surface area contributed by atoms with Crippen LogP contribution in [0.15, 0.2) is 29.4 Å². The molecule has 2 amide bonds. The topological polar surface area (TPSA) is 113 Å². The van der Waals surface area contributed by atoms with Crippen LogP contribution in [0.25, 0.3) is 0 Å². The Morgan fingerprint density at radius 1 is 1.21 bits per heavy atom. The summed E-state index contributed by atoms with van der Waals surface area (Å²) in [5.74, 6) is 0.816. The van der Waals surface area contributed by atoms with E-state index in [1.54, 1.807) is 46.8 Å². The van der Waals surface area contributed by atoms with Crippen molar-refractivity contribution in [3.63, 3.8) is 0 Å². The van der Waals surface area contributed by atoms with Crippen molar-refractivity contribution in [2.75, 3.05) is 66.4 Å². The first kappa shape index (κ1) is 30.5. The number of hydrogen-bond donors (Lipinski definition) is 2. The average Bonchev–Trinajstić information content (AvgIpc) is 2.86. The second-order valence-corrected chi connectivity index (χ2v) is 9.84. The van der Waals surface area contributed by atoms with Gasteiger partial charge in [0, 0.05) is 65.8 Å². The van der Waals surface area contributed by atoms with Crippen molar-refractivity contribution in [2.45, 2.75) is 37.2 Å². The second kappa shape index (κ2) is 18.7. The highest BCUT2D eigenvalue weighted by Gasteiger charge is 2.18. The zero-order chi connectivity index (χ0) is 25.2. The fraction of sp³-hybridized carbons (Fsp3) is 0.682. The second-order valence-electron chi connectivity index (χ2n) is 7.40. The molecule has 0 radical (unpaired) electrons. The summed E-state index contributed by atoms with van der Waals surface area (Å²) in [6.45, 7) is 3.93. The molecule has 0 aliphatic heterocycles. The lowest BCUT2D eigenvalue weighted by atomic mass is 10.3. The molecule has 2 unspecified atom stereocenters. The molecule has 1 rings (SSSR count). The third-order valence-electron chi connectivity index (χ3n) is 4.78. The number of carbonyl (C=O) groups is 2. The van der Waals surface area contributed by atoms with E-state index in [4.69, 9.17) is 14.2 Å². The molecule has 0 aliphatic rings. The minimum absolute atomic E-state index is 0.0604. The third-order valence-corrected chi connectivity index (χ3v) is 7.04. The SMILES string of the molecule is CCC(CO)OC(COC(=O)N(C)CCNCCN(C)C(=O)CCSSc1ccccn1)OC. The number of hydrogen-bond acceptors (Lipinski definition) is 10. The summed E-state index contributed by atoms with van der Waals surface area (Å²) >= 11 is 0. The Morgan fingerprint density at radius 2 is 1.94 bits per heavy atom. The first-order valence-corrected chi connectivity index (χ1v) is 13.5. The van der Waals surface area contributed by atoms with Crippen LogP contribution >= 0.6 is 21.6 Å². The van der Waals surface area contributed by atoms with Crippen LogP contribution in [0, 0.1) is 0 Å². The molecule has 194 valence electrons. The van der Waals surface area contributed by atoms with Gasteiger partial charge in [-0.25, -0.2) is 9.78 Å². The van der Waals surface area contributed by atoms with Gasteiger partial charge in [0.15, 0.2) is 6.29 Å². The van der Waals surface area contributed by atoms with E-state index < -0.39 is 12.4 Å².